The second-order valence-corrected chi connectivity index (χ2v) is 5.05. The molecule has 0 saturated heterocycles. The van der Waals surface area contributed by atoms with E-state index in [-0.39, 0.29) is 16.3 Å². The fourth-order valence-electron chi connectivity index (χ4n) is 1.76. The minimum Gasteiger partial charge on any atom is -0.507 e. The Labute approximate surface area is 139 Å². The van der Waals surface area contributed by atoms with Gasteiger partial charge in [0.1, 0.15) is 5.75 Å². The zero-order chi connectivity index (χ0) is 17.9. The maximum atomic E-state index is 13.4. The Kier molecular flexibility index (Phi) is 5.30. The van der Waals surface area contributed by atoms with E-state index in [1.54, 1.807) is 0 Å². The molecule has 3 N–H and O–H groups in total. The summed E-state index contributed by atoms with van der Waals surface area (Å²) in [6.07, 6.45) is 0. The standard InChI is InChI=1S/C15H10ClF3N2O3/c16-7-1-4-11(22)8(5-7)15(24)20-6-12(23)21-10-3-2-9(17)13(18)14(10)19/h1-5,22H,6H2,(H,20,24)(H,21,23). The van der Waals surface area contributed by atoms with Crippen LogP contribution >= 0.6 is 11.6 Å². The number of amides is 2. The number of phenols is 1. The molecule has 5 nitrogen and oxygen atoms in total. The SMILES string of the molecule is O=C(CNC(=O)c1cc(Cl)ccc1O)Nc1ccc(F)c(F)c1F. The van der Waals surface area contributed by atoms with E-state index in [0.29, 0.717) is 6.07 Å². The maximum Gasteiger partial charge on any atom is 0.255 e. The smallest absolute Gasteiger partial charge is 0.255 e. The highest BCUT2D eigenvalue weighted by Crippen LogP contribution is 2.21. The summed E-state index contributed by atoms with van der Waals surface area (Å²) in [6.45, 7) is -0.594. The van der Waals surface area contributed by atoms with Crippen molar-refractivity contribution in [3.63, 3.8) is 0 Å². The largest absolute Gasteiger partial charge is 0.507 e. The van der Waals surface area contributed by atoms with E-state index in [1.165, 1.54) is 18.2 Å². The van der Waals surface area contributed by atoms with Gasteiger partial charge in [-0.3, -0.25) is 9.59 Å². The van der Waals surface area contributed by atoms with Crippen LogP contribution in [-0.2, 0) is 4.79 Å². The summed E-state index contributed by atoms with van der Waals surface area (Å²) in [5.74, 6) is -6.69. The molecular weight excluding hydrogens is 349 g/mol. The van der Waals surface area contributed by atoms with Crippen molar-refractivity contribution in [2.75, 3.05) is 11.9 Å². The third-order valence-corrected chi connectivity index (χ3v) is 3.16. The van der Waals surface area contributed by atoms with Gasteiger partial charge in [-0.05, 0) is 30.3 Å². The Balaban J connectivity index is 2.00. The summed E-state index contributed by atoms with van der Waals surface area (Å²) in [5, 5.41) is 13.9. The van der Waals surface area contributed by atoms with E-state index in [4.69, 9.17) is 11.6 Å². The molecule has 126 valence electrons. The van der Waals surface area contributed by atoms with Gasteiger partial charge in [0.15, 0.2) is 17.5 Å². The highest BCUT2D eigenvalue weighted by atomic mass is 35.5. The van der Waals surface area contributed by atoms with E-state index in [1.807, 2.05) is 5.32 Å². The molecule has 0 aliphatic carbocycles. The molecule has 2 aromatic carbocycles. The van der Waals surface area contributed by atoms with Gasteiger partial charge in [0.25, 0.3) is 5.91 Å². The van der Waals surface area contributed by atoms with Crippen LogP contribution in [0.5, 0.6) is 5.75 Å². The Morgan fingerprint density at radius 3 is 2.50 bits per heavy atom. The highest BCUT2D eigenvalue weighted by Gasteiger charge is 2.16. The molecule has 0 fully saturated rings. The highest BCUT2D eigenvalue weighted by molar-refractivity contribution is 6.31. The molecule has 2 rings (SSSR count). The zero-order valence-corrected chi connectivity index (χ0v) is 12.6. The zero-order valence-electron chi connectivity index (χ0n) is 11.9. The molecule has 0 saturated carbocycles. The minimum absolute atomic E-state index is 0.158. The minimum atomic E-state index is -1.72. The van der Waals surface area contributed by atoms with E-state index >= 15 is 0 Å². The van der Waals surface area contributed by atoms with Crippen molar-refractivity contribution in [2.45, 2.75) is 0 Å². The van der Waals surface area contributed by atoms with Crippen molar-refractivity contribution in [3.8, 4) is 5.75 Å². The molecule has 24 heavy (non-hydrogen) atoms. The lowest BCUT2D eigenvalue weighted by Gasteiger charge is -2.09. The second kappa shape index (κ2) is 7.22. The van der Waals surface area contributed by atoms with Crippen LogP contribution in [0.2, 0.25) is 5.02 Å². The van der Waals surface area contributed by atoms with Crippen LogP contribution in [0.25, 0.3) is 0 Å². The molecule has 2 aromatic rings. The summed E-state index contributed by atoms with van der Waals surface area (Å²) < 4.78 is 39.3. The van der Waals surface area contributed by atoms with Crippen LogP contribution < -0.4 is 10.6 Å². The van der Waals surface area contributed by atoms with Gasteiger partial charge >= 0.3 is 0 Å². The molecule has 0 unspecified atom stereocenters. The first-order valence-electron chi connectivity index (χ1n) is 6.49. The monoisotopic (exact) mass is 358 g/mol. The number of phenolic OH excluding ortho intramolecular Hbond substituents is 1. The topological polar surface area (TPSA) is 78.4 Å². The molecule has 0 heterocycles. The normalized spacial score (nSPS) is 10.3. The van der Waals surface area contributed by atoms with Crippen molar-refractivity contribution in [2.24, 2.45) is 0 Å². The van der Waals surface area contributed by atoms with Crippen LogP contribution in [-0.4, -0.2) is 23.5 Å². The van der Waals surface area contributed by atoms with Gasteiger partial charge in [-0.15, -0.1) is 0 Å². The number of carbonyl (C=O) groups is 2. The fraction of sp³-hybridized carbons (Fsp3) is 0.0667. The van der Waals surface area contributed by atoms with Gasteiger partial charge in [-0.25, -0.2) is 13.2 Å². The molecule has 2 amide bonds. The third kappa shape index (κ3) is 3.96. The van der Waals surface area contributed by atoms with E-state index in [0.717, 1.165) is 6.07 Å². The molecule has 0 atom stereocenters. The van der Waals surface area contributed by atoms with Gasteiger partial charge in [0.2, 0.25) is 5.91 Å². The summed E-state index contributed by atoms with van der Waals surface area (Å²) >= 11 is 5.70. The summed E-state index contributed by atoms with van der Waals surface area (Å²) in [5.41, 5.74) is -0.729. The fourth-order valence-corrected chi connectivity index (χ4v) is 1.93. The van der Waals surface area contributed by atoms with Crippen LogP contribution in [0.15, 0.2) is 30.3 Å². The predicted molar refractivity (Wildman–Crippen MR) is 80.4 cm³/mol. The first-order chi connectivity index (χ1) is 11.3. The number of anilines is 1. The molecule has 0 bridgehead atoms. The predicted octanol–water partition coefficient (Wildman–Crippen LogP) is 2.83. The summed E-state index contributed by atoms with van der Waals surface area (Å²) in [7, 11) is 0. The number of rotatable bonds is 4. The average molecular weight is 359 g/mol. The van der Waals surface area contributed by atoms with Gasteiger partial charge in [-0.1, -0.05) is 11.6 Å². The Hall–Kier alpha value is -2.74. The molecule has 0 radical (unpaired) electrons. The van der Waals surface area contributed by atoms with E-state index in [9.17, 15) is 27.9 Å². The first kappa shape index (κ1) is 17.6. The maximum absolute atomic E-state index is 13.4. The quantitative estimate of drug-likeness (QED) is 0.735. The number of benzene rings is 2. The molecule has 0 aliphatic rings. The lowest BCUT2D eigenvalue weighted by Crippen LogP contribution is -2.33. The van der Waals surface area contributed by atoms with Crippen LogP contribution in [0.1, 0.15) is 10.4 Å². The van der Waals surface area contributed by atoms with Crippen molar-refractivity contribution in [1.82, 2.24) is 5.32 Å². The van der Waals surface area contributed by atoms with Gasteiger partial charge in [-0.2, -0.15) is 0 Å². The third-order valence-electron chi connectivity index (χ3n) is 2.92. The Morgan fingerprint density at radius 1 is 1.08 bits per heavy atom. The van der Waals surface area contributed by atoms with Gasteiger partial charge in [0, 0.05) is 5.02 Å². The number of hydrogen-bond acceptors (Lipinski definition) is 3. The Morgan fingerprint density at radius 2 is 1.79 bits per heavy atom. The number of halogens is 4. The Bertz CT molecular complexity index is 815. The van der Waals surface area contributed by atoms with Gasteiger partial charge < -0.3 is 15.7 Å². The van der Waals surface area contributed by atoms with Crippen molar-refractivity contribution < 1.29 is 27.9 Å². The summed E-state index contributed by atoms with van der Waals surface area (Å²) in [4.78, 5) is 23.5. The van der Waals surface area contributed by atoms with Crippen molar-refractivity contribution >= 4 is 29.1 Å². The molecular formula is C15H10ClF3N2O3. The van der Waals surface area contributed by atoms with Gasteiger partial charge in [0.05, 0.1) is 17.8 Å². The van der Waals surface area contributed by atoms with E-state index < -0.39 is 41.5 Å². The van der Waals surface area contributed by atoms with E-state index in [2.05, 4.69) is 5.32 Å². The van der Waals surface area contributed by atoms with Crippen LogP contribution in [0.4, 0.5) is 18.9 Å². The lowest BCUT2D eigenvalue weighted by molar-refractivity contribution is -0.115. The number of nitrogens with one attached hydrogen (secondary N) is 2. The number of aromatic hydroxyl groups is 1. The van der Waals surface area contributed by atoms with Crippen molar-refractivity contribution in [1.29, 1.82) is 0 Å². The van der Waals surface area contributed by atoms with Crippen LogP contribution in [0, 0.1) is 17.5 Å². The first-order valence-corrected chi connectivity index (χ1v) is 6.87. The van der Waals surface area contributed by atoms with Crippen LogP contribution in [0.3, 0.4) is 0 Å². The second-order valence-electron chi connectivity index (χ2n) is 4.62. The molecule has 0 aromatic heterocycles. The summed E-state index contributed by atoms with van der Waals surface area (Å²) in [6, 6.07) is 5.26. The van der Waals surface area contributed by atoms with Crippen molar-refractivity contribution in [3.05, 3.63) is 58.4 Å². The molecule has 0 spiro atoms. The molecule has 0 aliphatic heterocycles. The average Bonchev–Trinajstić information content (AvgIpc) is 2.55. The number of hydrogen-bond donors (Lipinski definition) is 3. The number of carbonyl (C=O) groups excluding carboxylic acids is 2. The molecule has 9 heteroatoms. The lowest BCUT2D eigenvalue weighted by atomic mass is 10.2.